The molecule has 0 amide bonds. The Labute approximate surface area is 122 Å². The van der Waals surface area contributed by atoms with E-state index in [1.165, 1.54) is 0 Å². The van der Waals surface area contributed by atoms with Crippen molar-refractivity contribution in [3.05, 3.63) is 60.4 Å². The van der Waals surface area contributed by atoms with Crippen LogP contribution in [0.15, 0.2) is 54.9 Å². The molecule has 1 heterocycles. The second-order valence-corrected chi connectivity index (χ2v) is 4.73. The van der Waals surface area contributed by atoms with E-state index in [0.717, 1.165) is 16.9 Å². The van der Waals surface area contributed by atoms with Gasteiger partial charge in [0.2, 0.25) is 0 Å². The maximum absolute atomic E-state index is 9.57. The van der Waals surface area contributed by atoms with Gasteiger partial charge in [-0.25, -0.2) is 0 Å². The molecule has 106 valence electrons. The molecule has 3 aromatic rings. The van der Waals surface area contributed by atoms with Crippen LogP contribution >= 0.6 is 0 Å². The average Bonchev–Trinajstić information content (AvgIpc) is 3.02. The van der Waals surface area contributed by atoms with Crippen molar-refractivity contribution in [2.24, 2.45) is 0 Å². The number of rotatable bonds is 4. The number of tetrazole rings is 1. The van der Waals surface area contributed by atoms with Crippen LogP contribution in [0.25, 0.3) is 5.69 Å². The molecule has 0 spiro atoms. The molecule has 1 aromatic heterocycles. The Morgan fingerprint density at radius 2 is 2.00 bits per heavy atom. The highest BCUT2D eigenvalue weighted by Gasteiger charge is 2.10. The molecule has 0 aliphatic heterocycles. The quantitative estimate of drug-likeness (QED) is 0.768. The third-order valence-corrected chi connectivity index (χ3v) is 3.24. The zero-order chi connectivity index (χ0) is 14.7. The summed E-state index contributed by atoms with van der Waals surface area (Å²) in [5, 5.41) is 24.2. The molecule has 1 unspecified atom stereocenters. The van der Waals surface area contributed by atoms with E-state index in [9.17, 15) is 5.11 Å². The lowest BCUT2D eigenvalue weighted by Gasteiger charge is -2.18. The number of benzene rings is 2. The summed E-state index contributed by atoms with van der Waals surface area (Å²) in [4.78, 5) is 0. The van der Waals surface area contributed by atoms with E-state index in [-0.39, 0.29) is 11.8 Å². The van der Waals surface area contributed by atoms with E-state index in [1.54, 1.807) is 23.1 Å². The summed E-state index contributed by atoms with van der Waals surface area (Å²) in [7, 11) is 0. The first-order valence-corrected chi connectivity index (χ1v) is 6.62. The average molecular weight is 281 g/mol. The highest BCUT2D eigenvalue weighted by Crippen LogP contribution is 2.25. The van der Waals surface area contributed by atoms with Gasteiger partial charge in [-0.3, -0.25) is 0 Å². The Bertz CT molecular complexity index is 726. The van der Waals surface area contributed by atoms with Crippen molar-refractivity contribution < 1.29 is 5.11 Å². The first-order chi connectivity index (χ1) is 10.2. The number of aromatic hydroxyl groups is 1. The molecule has 6 nitrogen and oxygen atoms in total. The highest BCUT2D eigenvalue weighted by molar-refractivity contribution is 5.61. The maximum atomic E-state index is 9.57. The SMILES string of the molecule is CC(Nc1ccccc1-n1cnnn1)c1cccc(O)c1. The van der Waals surface area contributed by atoms with E-state index < -0.39 is 0 Å². The summed E-state index contributed by atoms with van der Waals surface area (Å²) in [6, 6.07) is 15.0. The zero-order valence-corrected chi connectivity index (χ0v) is 11.5. The van der Waals surface area contributed by atoms with Gasteiger partial charge in [-0.2, -0.15) is 4.68 Å². The van der Waals surface area contributed by atoms with Gasteiger partial charge in [0.15, 0.2) is 0 Å². The number of nitrogens with zero attached hydrogens (tertiary/aromatic N) is 4. The van der Waals surface area contributed by atoms with Gasteiger partial charge in [0.1, 0.15) is 12.1 Å². The Hall–Kier alpha value is -2.89. The molecule has 2 N–H and O–H groups in total. The van der Waals surface area contributed by atoms with Crippen molar-refractivity contribution in [2.75, 3.05) is 5.32 Å². The summed E-state index contributed by atoms with van der Waals surface area (Å²) in [6.45, 7) is 2.03. The first-order valence-electron chi connectivity index (χ1n) is 6.62. The summed E-state index contributed by atoms with van der Waals surface area (Å²) >= 11 is 0. The van der Waals surface area contributed by atoms with Gasteiger partial charge in [-0.15, -0.1) is 5.10 Å². The molecule has 0 saturated heterocycles. The molecule has 1 atom stereocenters. The first kappa shape index (κ1) is 13.1. The van der Waals surface area contributed by atoms with Crippen LogP contribution in [0.2, 0.25) is 0 Å². The molecule has 2 aromatic carbocycles. The summed E-state index contributed by atoms with van der Waals surface area (Å²) in [6.07, 6.45) is 1.56. The fourth-order valence-electron chi connectivity index (χ4n) is 2.18. The van der Waals surface area contributed by atoms with Gasteiger partial charge in [-0.05, 0) is 47.2 Å². The molecular formula is C15H15N5O. The number of nitrogens with one attached hydrogen (secondary N) is 1. The lowest BCUT2D eigenvalue weighted by molar-refractivity contribution is 0.474. The number of aromatic nitrogens is 4. The zero-order valence-electron chi connectivity index (χ0n) is 11.5. The number of phenolic OH excluding ortho intramolecular Hbond substituents is 1. The van der Waals surface area contributed by atoms with E-state index >= 15 is 0 Å². The summed E-state index contributed by atoms with van der Waals surface area (Å²) in [5.74, 6) is 0.259. The lowest BCUT2D eigenvalue weighted by atomic mass is 10.1. The Morgan fingerprint density at radius 1 is 1.14 bits per heavy atom. The predicted molar refractivity (Wildman–Crippen MR) is 79.3 cm³/mol. The van der Waals surface area contributed by atoms with Crippen molar-refractivity contribution in [3.63, 3.8) is 0 Å². The minimum Gasteiger partial charge on any atom is -0.508 e. The van der Waals surface area contributed by atoms with Gasteiger partial charge in [-0.1, -0.05) is 24.3 Å². The largest absolute Gasteiger partial charge is 0.508 e. The molecule has 0 bridgehead atoms. The van der Waals surface area contributed by atoms with Crippen LogP contribution in [0, 0.1) is 0 Å². The second kappa shape index (κ2) is 5.62. The van der Waals surface area contributed by atoms with Gasteiger partial charge in [0.25, 0.3) is 0 Å². The number of phenols is 1. The fourth-order valence-corrected chi connectivity index (χ4v) is 2.18. The Morgan fingerprint density at radius 3 is 2.76 bits per heavy atom. The van der Waals surface area contributed by atoms with E-state index in [0.29, 0.717) is 0 Å². The highest BCUT2D eigenvalue weighted by atomic mass is 16.3. The molecular weight excluding hydrogens is 266 g/mol. The fraction of sp³-hybridized carbons (Fsp3) is 0.133. The maximum Gasteiger partial charge on any atom is 0.143 e. The Kier molecular flexibility index (Phi) is 3.51. The predicted octanol–water partition coefficient (Wildman–Crippen LogP) is 2.54. The monoisotopic (exact) mass is 281 g/mol. The molecule has 21 heavy (non-hydrogen) atoms. The number of hydrogen-bond donors (Lipinski definition) is 2. The second-order valence-electron chi connectivity index (χ2n) is 4.73. The molecule has 0 aliphatic carbocycles. The number of hydrogen-bond acceptors (Lipinski definition) is 5. The van der Waals surface area contributed by atoms with Crippen LogP contribution in [-0.4, -0.2) is 25.3 Å². The number of anilines is 1. The van der Waals surface area contributed by atoms with Crippen LogP contribution in [0.4, 0.5) is 5.69 Å². The van der Waals surface area contributed by atoms with Crippen molar-refractivity contribution in [2.45, 2.75) is 13.0 Å². The molecule has 6 heteroatoms. The smallest absolute Gasteiger partial charge is 0.143 e. The molecule has 0 radical (unpaired) electrons. The standard InChI is InChI=1S/C15H15N5O/c1-11(12-5-4-6-13(21)9-12)17-14-7-2-3-8-15(14)20-10-16-18-19-20/h2-11,17,21H,1H3. The van der Waals surface area contributed by atoms with Crippen LogP contribution in [0.3, 0.4) is 0 Å². The van der Waals surface area contributed by atoms with Crippen molar-refractivity contribution in [1.82, 2.24) is 20.2 Å². The molecule has 0 saturated carbocycles. The molecule has 0 fully saturated rings. The summed E-state index contributed by atoms with van der Waals surface area (Å²) < 4.78 is 1.61. The van der Waals surface area contributed by atoms with E-state index in [1.807, 2.05) is 43.3 Å². The molecule has 0 aliphatic rings. The van der Waals surface area contributed by atoms with E-state index in [2.05, 4.69) is 20.8 Å². The van der Waals surface area contributed by atoms with Crippen molar-refractivity contribution in [1.29, 1.82) is 0 Å². The van der Waals surface area contributed by atoms with Crippen LogP contribution in [0.5, 0.6) is 5.75 Å². The summed E-state index contributed by atoms with van der Waals surface area (Å²) in [5.41, 5.74) is 2.79. The van der Waals surface area contributed by atoms with Gasteiger partial charge in [0, 0.05) is 6.04 Å². The van der Waals surface area contributed by atoms with Gasteiger partial charge < -0.3 is 10.4 Å². The minimum atomic E-state index is 0.0368. The normalized spacial score (nSPS) is 12.0. The number of para-hydroxylation sites is 2. The third kappa shape index (κ3) is 2.84. The van der Waals surface area contributed by atoms with Gasteiger partial charge >= 0.3 is 0 Å². The van der Waals surface area contributed by atoms with Crippen LogP contribution in [-0.2, 0) is 0 Å². The van der Waals surface area contributed by atoms with Crippen molar-refractivity contribution >= 4 is 5.69 Å². The minimum absolute atomic E-state index is 0.0368. The topological polar surface area (TPSA) is 75.9 Å². The van der Waals surface area contributed by atoms with E-state index in [4.69, 9.17) is 0 Å². The van der Waals surface area contributed by atoms with Crippen LogP contribution in [0.1, 0.15) is 18.5 Å². The van der Waals surface area contributed by atoms with Crippen LogP contribution < -0.4 is 5.32 Å². The Balaban J connectivity index is 1.88. The molecule has 3 rings (SSSR count). The lowest BCUT2D eigenvalue weighted by Crippen LogP contribution is -2.09. The van der Waals surface area contributed by atoms with Crippen molar-refractivity contribution in [3.8, 4) is 11.4 Å². The third-order valence-electron chi connectivity index (χ3n) is 3.24. The van der Waals surface area contributed by atoms with Gasteiger partial charge in [0.05, 0.1) is 11.4 Å².